The highest BCUT2D eigenvalue weighted by Crippen LogP contribution is 2.38. The Hall–Kier alpha value is -3.71. The second-order valence-corrected chi connectivity index (χ2v) is 8.64. The maximum atomic E-state index is 5.02. The van der Waals surface area contributed by atoms with Gasteiger partial charge in [-0.05, 0) is 56.2 Å². The second-order valence-electron chi connectivity index (χ2n) is 7.58. The van der Waals surface area contributed by atoms with Crippen molar-refractivity contribution < 1.29 is 0 Å². The lowest BCUT2D eigenvalue weighted by molar-refractivity contribution is 0.689. The van der Waals surface area contributed by atoms with Gasteiger partial charge in [0.2, 0.25) is 0 Å². The van der Waals surface area contributed by atoms with E-state index in [0.29, 0.717) is 5.70 Å². The summed E-state index contributed by atoms with van der Waals surface area (Å²) in [5.41, 5.74) is 4.84. The summed E-state index contributed by atoms with van der Waals surface area (Å²) in [6.45, 7) is 11.2. The molecular formula is C27H28N6S. The van der Waals surface area contributed by atoms with Crippen LogP contribution in [0.25, 0.3) is 22.6 Å². The molecule has 2 aromatic heterocycles. The number of benzene rings is 2. The Labute approximate surface area is 204 Å². The molecule has 0 saturated carbocycles. The third kappa shape index (κ3) is 5.10. The van der Waals surface area contributed by atoms with Gasteiger partial charge in [-0.15, -0.1) is 5.10 Å². The highest BCUT2D eigenvalue weighted by molar-refractivity contribution is 7.99. The topological polar surface area (TPSA) is 60.9 Å². The Bertz CT molecular complexity index is 1300. The number of rotatable bonds is 9. The first-order valence-electron chi connectivity index (χ1n) is 11.3. The van der Waals surface area contributed by atoms with E-state index in [9.17, 15) is 0 Å². The summed E-state index contributed by atoms with van der Waals surface area (Å²) in [5, 5.41) is 9.04. The van der Waals surface area contributed by atoms with Crippen LogP contribution in [0.15, 0.2) is 94.6 Å². The van der Waals surface area contributed by atoms with Gasteiger partial charge < -0.3 is 4.57 Å². The van der Waals surface area contributed by atoms with E-state index in [2.05, 4.69) is 76.7 Å². The zero-order valence-corrected chi connectivity index (χ0v) is 20.5. The summed E-state index contributed by atoms with van der Waals surface area (Å²) in [5.74, 6) is 0.770. The molecule has 7 heteroatoms. The molecule has 6 nitrogen and oxygen atoms in total. The van der Waals surface area contributed by atoms with Crippen molar-refractivity contribution in [1.29, 1.82) is 0 Å². The number of hydrogen-bond donors (Lipinski definition) is 0. The summed E-state index contributed by atoms with van der Waals surface area (Å²) in [6, 6.07) is 16.9. The van der Waals surface area contributed by atoms with Crippen LogP contribution in [0.3, 0.4) is 0 Å². The molecule has 0 spiro atoms. The van der Waals surface area contributed by atoms with Crippen molar-refractivity contribution in [3.63, 3.8) is 0 Å². The zero-order valence-electron chi connectivity index (χ0n) is 19.7. The molecular weight excluding hydrogens is 440 g/mol. The van der Waals surface area contributed by atoms with Crippen LogP contribution in [0, 0.1) is 0 Å². The average Bonchev–Trinajstić information content (AvgIpc) is 3.53. The van der Waals surface area contributed by atoms with Crippen molar-refractivity contribution in [2.45, 2.75) is 43.7 Å². The standard InChI is InChI=1S/C27H28N6S/c1-5-8-17-28-20(4)26-30-25(22-11-13-23(14-12-22)33-19-18-29-31-33)27(32(26)7-3)34-24-15-9-21(6-2)10-16-24/h5,8-19H,4,6-7H2,1-3H3/b8-5-,28-17?. The van der Waals surface area contributed by atoms with E-state index in [1.165, 1.54) is 10.5 Å². The molecule has 34 heavy (non-hydrogen) atoms. The largest absolute Gasteiger partial charge is 0.317 e. The molecule has 0 amide bonds. The fourth-order valence-corrected chi connectivity index (χ4v) is 4.62. The highest BCUT2D eigenvalue weighted by Gasteiger charge is 2.20. The Kier molecular flexibility index (Phi) is 7.54. The van der Waals surface area contributed by atoms with E-state index >= 15 is 0 Å². The van der Waals surface area contributed by atoms with Gasteiger partial charge >= 0.3 is 0 Å². The van der Waals surface area contributed by atoms with Gasteiger partial charge in [0.05, 0.1) is 23.8 Å². The molecule has 172 valence electrons. The lowest BCUT2D eigenvalue weighted by Crippen LogP contribution is -2.01. The molecule has 0 bridgehead atoms. The smallest absolute Gasteiger partial charge is 0.159 e. The van der Waals surface area contributed by atoms with Gasteiger partial charge in [0, 0.05) is 23.2 Å². The molecule has 0 saturated heterocycles. The molecule has 4 rings (SSSR count). The van der Waals surface area contributed by atoms with E-state index in [-0.39, 0.29) is 0 Å². The number of nitrogens with zero attached hydrogens (tertiary/aromatic N) is 6. The van der Waals surface area contributed by atoms with Gasteiger partial charge in [0.25, 0.3) is 0 Å². The minimum absolute atomic E-state index is 0.633. The summed E-state index contributed by atoms with van der Waals surface area (Å²) >= 11 is 1.71. The van der Waals surface area contributed by atoms with Crippen LogP contribution in [-0.2, 0) is 13.0 Å². The average molecular weight is 469 g/mol. The van der Waals surface area contributed by atoms with Crippen LogP contribution in [0.2, 0.25) is 0 Å². The van der Waals surface area contributed by atoms with E-state index in [4.69, 9.17) is 4.98 Å². The van der Waals surface area contributed by atoms with Gasteiger partial charge in [0.1, 0.15) is 10.7 Å². The van der Waals surface area contributed by atoms with Gasteiger partial charge in [0.15, 0.2) is 5.82 Å². The Morgan fingerprint density at radius 2 is 1.85 bits per heavy atom. The predicted octanol–water partition coefficient (Wildman–Crippen LogP) is 6.48. The van der Waals surface area contributed by atoms with E-state index in [1.54, 1.807) is 28.9 Å². The van der Waals surface area contributed by atoms with Gasteiger partial charge in [-0.25, -0.2) is 9.67 Å². The van der Waals surface area contributed by atoms with Crippen LogP contribution >= 0.6 is 11.8 Å². The lowest BCUT2D eigenvalue weighted by Gasteiger charge is -2.11. The molecule has 0 N–H and O–H groups in total. The van der Waals surface area contributed by atoms with E-state index in [1.807, 2.05) is 37.4 Å². The van der Waals surface area contributed by atoms with Crippen molar-refractivity contribution >= 4 is 23.7 Å². The van der Waals surface area contributed by atoms with Crippen LogP contribution in [-0.4, -0.2) is 30.8 Å². The fourth-order valence-electron chi connectivity index (χ4n) is 3.54. The molecule has 0 radical (unpaired) electrons. The van der Waals surface area contributed by atoms with Crippen molar-refractivity contribution in [2.24, 2.45) is 4.99 Å². The minimum Gasteiger partial charge on any atom is -0.317 e. The summed E-state index contributed by atoms with van der Waals surface area (Å²) in [7, 11) is 0. The number of aromatic nitrogens is 5. The molecule has 0 aliphatic rings. The second kappa shape index (κ2) is 10.9. The molecule has 2 aromatic carbocycles. The summed E-state index contributed by atoms with van der Waals surface area (Å²) in [4.78, 5) is 10.7. The van der Waals surface area contributed by atoms with Gasteiger partial charge in [-0.3, -0.25) is 4.99 Å². The molecule has 0 aliphatic carbocycles. The first-order valence-corrected chi connectivity index (χ1v) is 12.1. The summed E-state index contributed by atoms with van der Waals surface area (Å²) in [6.07, 6.45) is 10.1. The monoisotopic (exact) mass is 468 g/mol. The van der Waals surface area contributed by atoms with Crippen LogP contribution in [0.4, 0.5) is 0 Å². The zero-order chi connectivity index (χ0) is 23.9. The Balaban J connectivity index is 1.78. The van der Waals surface area contributed by atoms with Crippen molar-refractivity contribution in [2.75, 3.05) is 0 Å². The van der Waals surface area contributed by atoms with E-state index in [0.717, 1.165) is 40.8 Å². The molecule has 0 aliphatic heterocycles. The first-order chi connectivity index (χ1) is 16.6. The Morgan fingerprint density at radius 1 is 1.09 bits per heavy atom. The maximum absolute atomic E-state index is 5.02. The van der Waals surface area contributed by atoms with E-state index < -0.39 is 0 Å². The molecule has 4 aromatic rings. The van der Waals surface area contributed by atoms with Gasteiger partial charge in [-0.2, -0.15) is 0 Å². The normalized spacial score (nSPS) is 11.6. The molecule has 0 unspecified atom stereocenters. The maximum Gasteiger partial charge on any atom is 0.159 e. The number of hydrogen-bond acceptors (Lipinski definition) is 5. The van der Waals surface area contributed by atoms with Crippen LogP contribution in [0.5, 0.6) is 0 Å². The molecule has 0 fully saturated rings. The SMILES string of the molecule is C=C(N=C/C=C\C)c1nc(-c2ccc(-n3ccnn3)cc2)c(Sc2ccc(CC)cc2)n1CC. The predicted molar refractivity (Wildman–Crippen MR) is 141 cm³/mol. The highest BCUT2D eigenvalue weighted by atomic mass is 32.2. The van der Waals surface area contributed by atoms with Crippen molar-refractivity contribution in [3.8, 4) is 16.9 Å². The third-order valence-corrected chi connectivity index (χ3v) is 6.49. The third-order valence-electron chi connectivity index (χ3n) is 5.38. The van der Waals surface area contributed by atoms with Gasteiger partial charge in [-0.1, -0.05) is 60.8 Å². The van der Waals surface area contributed by atoms with Crippen molar-refractivity contribution in [3.05, 3.63) is 91.0 Å². The molecule has 2 heterocycles. The van der Waals surface area contributed by atoms with Crippen molar-refractivity contribution in [1.82, 2.24) is 24.5 Å². The number of aliphatic imine (C=N–C) groups is 1. The first kappa shape index (κ1) is 23.4. The molecule has 0 atom stereocenters. The number of imidazole rings is 1. The number of aryl methyl sites for hydroxylation is 1. The number of allylic oxidation sites excluding steroid dienone is 2. The van der Waals surface area contributed by atoms with Crippen LogP contribution in [0.1, 0.15) is 32.2 Å². The quantitative estimate of drug-likeness (QED) is 0.264. The lowest BCUT2D eigenvalue weighted by atomic mass is 10.1. The minimum atomic E-state index is 0.633. The Morgan fingerprint density at radius 3 is 2.47 bits per heavy atom. The fraction of sp³-hybridized carbons (Fsp3) is 0.185. The van der Waals surface area contributed by atoms with Crippen LogP contribution < -0.4 is 0 Å². The summed E-state index contributed by atoms with van der Waals surface area (Å²) < 4.78 is 3.93.